The minimum Gasteiger partial charge on any atom is -0.333 e. The number of hydrogen-bond acceptors (Lipinski definition) is 2. The lowest BCUT2D eigenvalue weighted by Gasteiger charge is -2.34. The van der Waals surface area contributed by atoms with Crippen molar-refractivity contribution < 1.29 is 4.79 Å². The molecule has 1 fully saturated rings. The van der Waals surface area contributed by atoms with Crippen LogP contribution in [0.4, 0.5) is 0 Å². The number of carbonyl (C=O) groups is 1. The number of aryl methyl sites for hydroxylation is 2. The minimum atomic E-state index is 0.0649. The number of alkyl halides is 1. The molecule has 18 heavy (non-hydrogen) atoms. The van der Waals surface area contributed by atoms with Crippen LogP contribution in [0.1, 0.15) is 42.4 Å². The summed E-state index contributed by atoms with van der Waals surface area (Å²) in [5, 5.41) is 4.33. The highest BCUT2D eigenvalue weighted by Gasteiger charge is 2.28. The molecule has 1 aromatic rings. The monoisotopic (exact) mass is 269 g/mol. The predicted octanol–water partition coefficient (Wildman–Crippen LogP) is 2.22. The number of aromatic nitrogens is 2. The predicted molar refractivity (Wildman–Crippen MR) is 72.0 cm³/mol. The molecule has 1 amide bonds. The minimum absolute atomic E-state index is 0.0649. The van der Waals surface area contributed by atoms with E-state index < -0.39 is 0 Å². The van der Waals surface area contributed by atoms with Gasteiger partial charge in [0.1, 0.15) is 5.69 Å². The van der Waals surface area contributed by atoms with Crippen molar-refractivity contribution in [2.75, 3.05) is 12.4 Å². The Bertz CT molecular complexity index is 430. The summed E-state index contributed by atoms with van der Waals surface area (Å²) < 4.78 is 1.68. The van der Waals surface area contributed by atoms with Crippen molar-refractivity contribution in [3.8, 4) is 0 Å². The van der Waals surface area contributed by atoms with E-state index in [-0.39, 0.29) is 11.9 Å². The van der Waals surface area contributed by atoms with E-state index in [1.165, 1.54) is 0 Å². The summed E-state index contributed by atoms with van der Waals surface area (Å²) in [6.07, 6.45) is 4.08. The van der Waals surface area contributed by atoms with E-state index in [9.17, 15) is 4.79 Å². The molecule has 0 saturated carbocycles. The van der Waals surface area contributed by atoms with Gasteiger partial charge in [-0.25, -0.2) is 0 Å². The number of nitrogens with zero attached hydrogens (tertiary/aromatic N) is 3. The first kappa shape index (κ1) is 13.4. The van der Waals surface area contributed by atoms with Crippen LogP contribution >= 0.6 is 11.6 Å². The van der Waals surface area contributed by atoms with Gasteiger partial charge in [0.05, 0.1) is 5.69 Å². The fraction of sp³-hybridized carbons (Fsp3) is 0.692. The second kappa shape index (κ2) is 5.74. The molecule has 1 unspecified atom stereocenters. The molecule has 0 N–H and O–H groups in total. The molecule has 1 atom stereocenters. The lowest BCUT2D eigenvalue weighted by Crippen LogP contribution is -2.45. The molecule has 0 aromatic carbocycles. The van der Waals surface area contributed by atoms with Gasteiger partial charge < -0.3 is 4.90 Å². The number of hydrogen-bond donors (Lipinski definition) is 0. The maximum atomic E-state index is 12.5. The maximum absolute atomic E-state index is 12.5. The molecule has 1 aliphatic rings. The summed E-state index contributed by atoms with van der Waals surface area (Å²) in [6, 6.07) is 2.07. The molecule has 1 aromatic heterocycles. The number of rotatable bonds is 3. The Morgan fingerprint density at radius 1 is 1.56 bits per heavy atom. The van der Waals surface area contributed by atoms with Gasteiger partial charge in [-0.15, -0.1) is 11.6 Å². The first-order valence-electron chi connectivity index (χ1n) is 6.57. The van der Waals surface area contributed by atoms with E-state index >= 15 is 0 Å². The van der Waals surface area contributed by atoms with Gasteiger partial charge in [-0.2, -0.15) is 5.10 Å². The van der Waals surface area contributed by atoms with Gasteiger partial charge in [0.25, 0.3) is 5.91 Å². The molecule has 4 nitrogen and oxygen atoms in total. The molecule has 5 heteroatoms. The van der Waals surface area contributed by atoms with E-state index in [1.54, 1.807) is 4.68 Å². The fourth-order valence-corrected chi connectivity index (χ4v) is 2.80. The quantitative estimate of drug-likeness (QED) is 0.789. The van der Waals surface area contributed by atoms with E-state index in [2.05, 4.69) is 5.10 Å². The van der Waals surface area contributed by atoms with Gasteiger partial charge in [0.2, 0.25) is 0 Å². The van der Waals surface area contributed by atoms with Crippen LogP contribution in [0.2, 0.25) is 0 Å². The first-order valence-corrected chi connectivity index (χ1v) is 7.10. The van der Waals surface area contributed by atoms with Crippen LogP contribution in [0.25, 0.3) is 0 Å². The largest absolute Gasteiger partial charge is 0.333 e. The van der Waals surface area contributed by atoms with Crippen molar-refractivity contribution in [2.24, 2.45) is 7.05 Å². The Hall–Kier alpha value is -1.03. The van der Waals surface area contributed by atoms with E-state index in [4.69, 9.17) is 11.6 Å². The molecule has 1 aliphatic heterocycles. The van der Waals surface area contributed by atoms with Crippen molar-refractivity contribution in [1.29, 1.82) is 0 Å². The Labute approximate surface area is 113 Å². The van der Waals surface area contributed by atoms with Crippen LogP contribution in [-0.2, 0) is 13.5 Å². The van der Waals surface area contributed by atoms with Gasteiger partial charge in [-0.3, -0.25) is 9.48 Å². The lowest BCUT2D eigenvalue weighted by atomic mass is 10.0. The lowest BCUT2D eigenvalue weighted by molar-refractivity contribution is 0.0628. The van der Waals surface area contributed by atoms with Crippen molar-refractivity contribution >= 4 is 17.5 Å². The van der Waals surface area contributed by atoms with Crippen molar-refractivity contribution in [3.63, 3.8) is 0 Å². The zero-order chi connectivity index (χ0) is 13.1. The Morgan fingerprint density at radius 3 is 2.94 bits per heavy atom. The van der Waals surface area contributed by atoms with Crippen LogP contribution in [0.15, 0.2) is 6.07 Å². The van der Waals surface area contributed by atoms with Gasteiger partial charge in [-0.05, 0) is 31.7 Å². The third-order valence-corrected chi connectivity index (χ3v) is 3.93. The summed E-state index contributed by atoms with van der Waals surface area (Å²) in [7, 11) is 1.83. The third-order valence-electron chi connectivity index (χ3n) is 3.58. The zero-order valence-electron chi connectivity index (χ0n) is 11.0. The number of halogens is 1. The number of amides is 1. The second-order valence-electron chi connectivity index (χ2n) is 4.80. The SMILES string of the molecule is CCc1cc(C(=O)N2CCCCC2CCl)n(C)n1. The normalized spacial score (nSPS) is 20.2. The highest BCUT2D eigenvalue weighted by Crippen LogP contribution is 2.20. The van der Waals surface area contributed by atoms with E-state index in [0.717, 1.165) is 37.9 Å². The molecule has 0 aliphatic carbocycles. The maximum Gasteiger partial charge on any atom is 0.272 e. The molecule has 100 valence electrons. The van der Waals surface area contributed by atoms with Crippen LogP contribution in [0.3, 0.4) is 0 Å². The number of piperidine rings is 1. The summed E-state index contributed by atoms with van der Waals surface area (Å²) in [6.45, 7) is 2.85. The zero-order valence-corrected chi connectivity index (χ0v) is 11.8. The fourth-order valence-electron chi connectivity index (χ4n) is 2.48. The van der Waals surface area contributed by atoms with Crippen LogP contribution in [0, 0.1) is 0 Å². The van der Waals surface area contributed by atoms with Crippen molar-refractivity contribution in [1.82, 2.24) is 14.7 Å². The summed E-state index contributed by atoms with van der Waals surface area (Å²) in [5.41, 5.74) is 1.63. The van der Waals surface area contributed by atoms with Crippen LogP contribution in [-0.4, -0.2) is 39.1 Å². The smallest absolute Gasteiger partial charge is 0.272 e. The Morgan fingerprint density at radius 2 is 2.33 bits per heavy atom. The third kappa shape index (κ3) is 2.53. The average Bonchev–Trinajstić information content (AvgIpc) is 2.79. The highest BCUT2D eigenvalue weighted by atomic mass is 35.5. The second-order valence-corrected chi connectivity index (χ2v) is 5.11. The summed E-state index contributed by atoms with van der Waals surface area (Å²) in [5.74, 6) is 0.583. The van der Waals surface area contributed by atoms with Crippen LogP contribution in [0.5, 0.6) is 0 Å². The molecule has 0 spiro atoms. The van der Waals surface area contributed by atoms with Crippen molar-refractivity contribution in [2.45, 2.75) is 38.6 Å². The van der Waals surface area contributed by atoms with Gasteiger partial charge in [-0.1, -0.05) is 6.92 Å². The van der Waals surface area contributed by atoms with Gasteiger partial charge in [0.15, 0.2) is 0 Å². The molecule has 0 bridgehead atoms. The molecule has 0 radical (unpaired) electrons. The summed E-state index contributed by atoms with van der Waals surface area (Å²) in [4.78, 5) is 14.4. The van der Waals surface area contributed by atoms with Crippen LogP contribution < -0.4 is 0 Å². The number of carbonyl (C=O) groups excluding carboxylic acids is 1. The Balaban J connectivity index is 2.20. The topological polar surface area (TPSA) is 38.1 Å². The standard InChI is InChI=1S/C13H20ClN3O/c1-3-10-8-12(16(2)15-10)13(18)17-7-5-4-6-11(17)9-14/h8,11H,3-7,9H2,1-2H3. The highest BCUT2D eigenvalue weighted by molar-refractivity contribution is 6.18. The van der Waals surface area contributed by atoms with E-state index in [1.807, 2.05) is 24.9 Å². The van der Waals surface area contributed by atoms with Gasteiger partial charge >= 0.3 is 0 Å². The molecule has 2 rings (SSSR count). The molecule has 2 heterocycles. The molecular formula is C13H20ClN3O. The average molecular weight is 270 g/mol. The Kier molecular flexibility index (Phi) is 4.27. The molecule has 1 saturated heterocycles. The van der Waals surface area contributed by atoms with Gasteiger partial charge in [0, 0.05) is 25.5 Å². The molecular weight excluding hydrogens is 250 g/mol. The number of likely N-dealkylation sites (tertiary alicyclic amines) is 1. The van der Waals surface area contributed by atoms with E-state index in [0.29, 0.717) is 11.6 Å². The summed E-state index contributed by atoms with van der Waals surface area (Å²) >= 11 is 5.96. The first-order chi connectivity index (χ1) is 8.67. The van der Waals surface area contributed by atoms with Crippen molar-refractivity contribution in [3.05, 3.63) is 17.5 Å².